The van der Waals surface area contributed by atoms with Crippen molar-refractivity contribution in [3.63, 3.8) is 0 Å². The van der Waals surface area contributed by atoms with E-state index in [4.69, 9.17) is 24.4 Å². The Bertz CT molecular complexity index is 326. The number of aliphatic hydroxyl groups excluding tert-OH is 4. The molecule has 150 valence electrons. The molecule has 0 spiro atoms. The molecule has 4 N–H and O–H groups in total. The van der Waals surface area contributed by atoms with Gasteiger partial charge in [0, 0.05) is 0 Å². The average Bonchev–Trinajstić information content (AvgIpc) is 2.60. The van der Waals surface area contributed by atoms with E-state index in [0.717, 1.165) is 19.3 Å². The molecule has 0 aromatic heterocycles. The zero-order valence-corrected chi connectivity index (χ0v) is 15.3. The second-order valence-corrected chi connectivity index (χ2v) is 6.10. The van der Waals surface area contributed by atoms with E-state index < -0.39 is 24.9 Å². The molecule has 4 unspecified atom stereocenters. The molecule has 8 heteroatoms. The van der Waals surface area contributed by atoms with Crippen molar-refractivity contribution in [2.24, 2.45) is 5.92 Å². The number of carbonyl (C=O) groups is 1. The first-order chi connectivity index (χ1) is 11.9. The first kappa shape index (κ1) is 24.2. The van der Waals surface area contributed by atoms with E-state index in [1.807, 2.05) is 6.92 Å². The standard InChI is InChI=1S/C17H34O8/c1-3-5-6-13(4-2)17(22)25-12-16(21)11-24-10-15(20)9-23-8-14(19)7-18/h13-16,18-21H,3-12H2,1-2H3. The molecule has 0 aliphatic carbocycles. The molecule has 0 aliphatic heterocycles. The molecule has 0 radical (unpaired) electrons. The van der Waals surface area contributed by atoms with Gasteiger partial charge in [-0.3, -0.25) is 4.79 Å². The SMILES string of the molecule is CCCCC(CC)C(=O)OCC(O)COCC(O)COCC(O)CO. The molecule has 4 atom stereocenters. The molecule has 0 heterocycles. The van der Waals surface area contributed by atoms with Crippen LogP contribution in [0.3, 0.4) is 0 Å². The number of aliphatic hydroxyl groups is 4. The van der Waals surface area contributed by atoms with E-state index in [2.05, 4.69) is 6.92 Å². The summed E-state index contributed by atoms with van der Waals surface area (Å²) in [6.07, 6.45) is 0.628. The molecule has 0 aliphatic rings. The summed E-state index contributed by atoms with van der Waals surface area (Å²) in [5, 5.41) is 37.0. The highest BCUT2D eigenvalue weighted by atomic mass is 16.6. The van der Waals surface area contributed by atoms with Crippen LogP contribution in [0.5, 0.6) is 0 Å². The third-order valence-corrected chi connectivity index (χ3v) is 3.60. The molecular weight excluding hydrogens is 332 g/mol. The Hall–Kier alpha value is -0.770. The zero-order valence-electron chi connectivity index (χ0n) is 15.3. The van der Waals surface area contributed by atoms with Crippen molar-refractivity contribution < 1.29 is 39.4 Å². The third-order valence-electron chi connectivity index (χ3n) is 3.60. The summed E-state index contributed by atoms with van der Waals surface area (Å²) >= 11 is 0. The molecule has 0 fully saturated rings. The summed E-state index contributed by atoms with van der Waals surface area (Å²) in [4.78, 5) is 11.9. The number of hydrogen-bond acceptors (Lipinski definition) is 8. The minimum absolute atomic E-state index is 0.0578. The van der Waals surface area contributed by atoms with E-state index in [1.54, 1.807) is 0 Å². The molecule has 0 amide bonds. The van der Waals surface area contributed by atoms with E-state index >= 15 is 0 Å². The summed E-state index contributed by atoms with van der Waals surface area (Å²) in [6, 6.07) is 0. The zero-order chi connectivity index (χ0) is 19.1. The summed E-state index contributed by atoms with van der Waals surface area (Å²) in [5.74, 6) is -0.438. The summed E-state index contributed by atoms with van der Waals surface area (Å²) < 4.78 is 15.2. The number of carbonyl (C=O) groups excluding carboxylic acids is 1. The molecule has 0 rings (SSSR count). The number of hydrogen-bond donors (Lipinski definition) is 4. The highest BCUT2D eigenvalue weighted by Gasteiger charge is 2.19. The fraction of sp³-hybridized carbons (Fsp3) is 0.941. The average molecular weight is 366 g/mol. The minimum Gasteiger partial charge on any atom is -0.463 e. The van der Waals surface area contributed by atoms with Crippen LogP contribution in [0.1, 0.15) is 39.5 Å². The largest absolute Gasteiger partial charge is 0.463 e. The Labute approximate surface area is 149 Å². The van der Waals surface area contributed by atoms with Crippen molar-refractivity contribution in [2.45, 2.75) is 57.8 Å². The maximum absolute atomic E-state index is 11.9. The Morgan fingerprint density at radius 1 is 0.880 bits per heavy atom. The van der Waals surface area contributed by atoms with Crippen molar-refractivity contribution in [3.05, 3.63) is 0 Å². The Morgan fingerprint density at radius 3 is 1.88 bits per heavy atom. The lowest BCUT2D eigenvalue weighted by molar-refractivity contribution is -0.153. The lowest BCUT2D eigenvalue weighted by atomic mass is 10.00. The van der Waals surface area contributed by atoms with Crippen molar-refractivity contribution in [2.75, 3.05) is 39.6 Å². The quantitative estimate of drug-likeness (QED) is 0.278. The van der Waals surface area contributed by atoms with Gasteiger partial charge >= 0.3 is 5.97 Å². The van der Waals surface area contributed by atoms with Crippen LogP contribution in [0.15, 0.2) is 0 Å². The van der Waals surface area contributed by atoms with Crippen molar-refractivity contribution >= 4 is 5.97 Å². The fourth-order valence-electron chi connectivity index (χ4n) is 2.06. The molecule has 0 saturated heterocycles. The van der Waals surface area contributed by atoms with Crippen LogP contribution in [0.2, 0.25) is 0 Å². The molecule has 0 aromatic carbocycles. The van der Waals surface area contributed by atoms with Gasteiger partial charge in [0.05, 0.1) is 39.0 Å². The third kappa shape index (κ3) is 13.1. The smallest absolute Gasteiger partial charge is 0.309 e. The maximum Gasteiger partial charge on any atom is 0.309 e. The van der Waals surface area contributed by atoms with Gasteiger partial charge in [-0.1, -0.05) is 26.7 Å². The van der Waals surface area contributed by atoms with Gasteiger partial charge in [0.25, 0.3) is 0 Å². The molecule has 25 heavy (non-hydrogen) atoms. The van der Waals surface area contributed by atoms with Gasteiger partial charge in [-0.25, -0.2) is 0 Å². The number of rotatable bonds is 16. The van der Waals surface area contributed by atoms with Gasteiger partial charge in [-0.2, -0.15) is 0 Å². The predicted octanol–water partition coefficient (Wildman–Crippen LogP) is -0.146. The van der Waals surface area contributed by atoms with Gasteiger partial charge in [-0.05, 0) is 12.8 Å². The lowest BCUT2D eigenvalue weighted by Crippen LogP contribution is -2.30. The highest BCUT2D eigenvalue weighted by Crippen LogP contribution is 2.14. The molecule has 0 aromatic rings. The van der Waals surface area contributed by atoms with Crippen LogP contribution >= 0.6 is 0 Å². The van der Waals surface area contributed by atoms with Crippen LogP contribution in [-0.4, -0.2) is 84.3 Å². The van der Waals surface area contributed by atoms with E-state index in [1.165, 1.54) is 0 Å². The fourth-order valence-corrected chi connectivity index (χ4v) is 2.06. The van der Waals surface area contributed by atoms with E-state index in [0.29, 0.717) is 6.42 Å². The van der Waals surface area contributed by atoms with Crippen LogP contribution in [0, 0.1) is 5.92 Å². The minimum atomic E-state index is -0.978. The highest BCUT2D eigenvalue weighted by molar-refractivity contribution is 5.72. The number of ether oxygens (including phenoxy) is 3. The number of unbranched alkanes of at least 4 members (excludes halogenated alkanes) is 1. The van der Waals surface area contributed by atoms with Gasteiger partial charge in [0.15, 0.2) is 0 Å². The van der Waals surface area contributed by atoms with Crippen LogP contribution in [-0.2, 0) is 19.0 Å². The van der Waals surface area contributed by atoms with Gasteiger partial charge in [-0.15, -0.1) is 0 Å². The van der Waals surface area contributed by atoms with Crippen LogP contribution in [0.4, 0.5) is 0 Å². The first-order valence-electron chi connectivity index (χ1n) is 8.91. The van der Waals surface area contributed by atoms with E-state index in [-0.39, 0.29) is 44.9 Å². The summed E-state index contributed by atoms with van der Waals surface area (Å²) in [5.41, 5.74) is 0. The van der Waals surface area contributed by atoms with Crippen molar-refractivity contribution in [1.82, 2.24) is 0 Å². The van der Waals surface area contributed by atoms with Gasteiger partial charge in [0.1, 0.15) is 24.9 Å². The van der Waals surface area contributed by atoms with Gasteiger partial charge in [0.2, 0.25) is 0 Å². The first-order valence-corrected chi connectivity index (χ1v) is 8.91. The number of esters is 1. The van der Waals surface area contributed by atoms with Crippen molar-refractivity contribution in [1.29, 1.82) is 0 Å². The van der Waals surface area contributed by atoms with Crippen LogP contribution < -0.4 is 0 Å². The molecular formula is C17H34O8. The molecule has 0 saturated carbocycles. The second-order valence-electron chi connectivity index (χ2n) is 6.10. The normalized spacial score (nSPS) is 16.2. The second kappa shape index (κ2) is 15.5. The topological polar surface area (TPSA) is 126 Å². The summed E-state index contributed by atoms with van der Waals surface area (Å²) in [7, 11) is 0. The predicted molar refractivity (Wildman–Crippen MR) is 91.0 cm³/mol. The monoisotopic (exact) mass is 366 g/mol. The molecule has 8 nitrogen and oxygen atoms in total. The summed E-state index contributed by atoms with van der Waals surface area (Å²) in [6.45, 7) is 3.17. The Balaban J connectivity index is 3.78. The molecule has 0 bridgehead atoms. The Morgan fingerprint density at radius 2 is 1.40 bits per heavy atom. The van der Waals surface area contributed by atoms with Crippen LogP contribution in [0.25, 0.3) is 0 Å². The Kier molecular flexibility index (Phi) is 15.0. The van der Waals surface area contributed by atoms with Crippen molar-refractivity contribution in [3.8, 4) is 0 Å². The van der Waals surface area contributed by atoms with Gasteiger partial charge < -0.3 is 34.6 Å². The van der Waals surface area contributed by atoms with E-state index in [9.17, 15) is 15.0 Å². The lowest BCUT2D eigenvalue weighted by Gasteiger charge is -2.17. The maximum atomic E-state index is 11.9.